The maximum Gasteiger partial charge on any atom is 0.491 e. The van der Waals surface area contributed by atoms with Gasteiger partial charge in [0.25, 0.3) is 0 Å². The number of carbonyl (C=O) groups is 1. The summed E-state index contributed by atoms with van der Waals surface area (Å²) in [5, 5.41) is 12.8. The molecule has 3 rings (SSSR count). The highest BCUT2D eigenvalue weighted by atomic mass is 16.7. The molecule has 0 atom stereocenters. The fourth-order valence-electron chi connectivity index (χ4n) is 3.00. The lowest BCUT2D eigenvalue weighted by atomic mass is 9.77. The Balaban J connectivity index is 2.01. The van der Waals surface area contributed by atoms with Crippen molar-refractivity contribution in [3.8, 4) is 0 Å². The number of fused-ring (bicyclic) bond motifs is 1. The lowest BCUT2D eigenvalue weighted by molar-refractivity contribution is 0.00578. The fourth-order valence-corrected chi connectivity index (χ4v) is 3.00. The van der Waals surface area contributed by atoms with Crippen LogP contribution in [0, 0.1) is 0 Å². The summed E-state index contributed by atoms with van der Waals surface area (Å²) in [5.74, 6) is -1.32. The van der Waals surface area contributed by atoms with E-state index in [1.54, 1.807) is 18.2 Å². The number of carboxylic acids is 1. The zero-order chi connectivity index (χ0) is 20.7. The van der Waals surface area contributed by atoms with E-state index in [0.29, 0.717) is 17.5 Å². The number of hydrogen-bond donors (Lipinski definition) is 2. The monoisotopic (exact) mass is 385 g/mol. The van der Waals surface area contributed by atoms with E-state index >= 15 is 0 Å². The van der Waals surface area contributed by atoms with Crippen LogP contribution in [-0.4, -0.2) is 43.0 Å². The third kappa shape index (κ3) is 3.76. The van der Waals surface area contributed by atoms with Gasteiger partial charge in [0.15, 0.2) is 0 Å². The van der Waals surface area contributed by atoms with E-state index < -0.39 is 35.5 Å². The molecule has 148 valence electrons. The molecule has 2 aromatic rings. The van der Waals surface area contributed by atoms with E-state index in [-0.39, 0.29) is 0 Å². The van der Waals surface area contributed by atoms with Crippen molar-refractivity contribution in [1.82, 2.24) is 5.32 Å². The van der Waals surface area contributed by atoms with Crippen LogP contribution in [0.3, 0.4) is 0 Å². The van der Waals surface area contributed by atoms with Gasteiger partial charge in [0.2, 0.25) is 0 Å². The normalized spacial score (nSPS) is 18.6. The molecular weight excluding hydrogens is 361 g/mol. The number of carboxylic acid groups (broad SMARTS) is 1. The van der Waals surface area contributed by atoms with Crippen molar-refractivity contribution in [2.24, 2.45) is 0 Å². The van der Waals surface area contributed by atoms with E-state index in [2.05, 4.69) is 5.32 Å². The zero-order valence-electron chi connectivity index (χ0n) is 16.7. The molecule has 28 heavy (non-hydrogen) atoms. The number of rotatable bonds is 5. The van der Waals surface area contributed by atoms with Crippen molar-refractivity contribution in [2.75, 3.05) is 13.6 Å². The average Bonchev–Trinajstić information content (AvgIpc) is 2.81. The Bertz CT molecular complexity index is 991. The second-order valence-corrected chi connectivity index (χ2v) is 7.89. The highest BCUT2D eigenvalue weighted by Gasteiger charge is 2.52. The molecule has 7 nitrogen and oxygen atoms in total. The minimum atomic E-state index is -1.32. The Hall–Kier alpha value is -2.42. The molecule has 1 aromatic heterocycles. The summed E-state index contributed by atoms with van der Waals surface area (Å²) >= 11 is 0. The minimum absolute atomic E-state index is 0.331. The molecule has 0 unspecified atom stereocenters. The zero-order valence-corrected chi connectivity index (χ0v) is 16.7. The molecule has 2 heterocycles. The van der Waals surface area contributed by atoms with Crippen LogP contribution < -0.4 is 10.9 Å². The van der Waals surface area contributed by atoms with Gasteiger partial charge in [-0.15, -0.1) is 0 Å². The average molecular weight is 385 g/mol. The Morgan fingerprint density at radius 3 is 2.39 bits per heavy atom. The van der Waals surface area contributed by atoms with Crippen LogP contribution >= 0.6 is 0 Å². The SMILES string of the molecule is CNCC(=Cc1ccc2oc(=O)c(C(=O)O)cc2c1)B1OC(C)(C)C(C)(C)O1. The number of likely N-dealkylation sites (N-methyl/N-ethyl adjacent to an activating group) is 1. The van der Waals surface area contributed by atoms with Crippen LogP contribution in [0.1, 0.15) is 43.6 Å². The van der Waals surface area contributed by atoms with Crippen molar-refractivity contribution < 1.29 is 23.6 Å². The highest BCUT2D eigenvalue weighted by Crippen LogP contribution is 2.38. The van der Waals surface area contributed by atoms with Crippen LogP contribution in [0.5, 0.6) is 0 Å². The Labute approximate surface area is 163 Å². The van der Waals surface area contributed by atoms with Gasteiger partial charge < -0.3 is 24.1 Å². The molecule has 0 amide bonds. The summed E-state index contributed by atoms with van der Waals surface area (Å²) in [5.41, 5.74) is -0.111. The summed E-state index contributed by atoms with van der Waals surface area (Å²) in [6.45, 7) is 8.54. The van der Waals surface area contributed by atoms with Gasteiger partial charge in [-0.3, -0.25) is 0 Å². The van der Waals surface area contributed by atoms with Gasteiger partial charge in [0.1, 0.15) is 11.1 Å². The van der Waals surface area contributed by atoms with Crippen LogP contribution in [0.4, 0.5) is 0 Å². The van der Waals surface area contributed by atoms with E-state index in [9.17, 15) is 9.59 Å². The van der Waals surface area contributed by atoms with Crippen molar-refractivity contribution in [2.45, 2.75) is 38.9 Å². The van der Waals surface area contributed by atoms with E-state index in [0.717, 1.165) is 11.0 Å². The van der Waals surface area contributed by atoms with Crippen LogP contribution in [0.2, 0.25) is 0 Å². The molecule has 0 spiro atoms. The van der Waals surface area contributed by atoms with Gasteiger partial charge in [-0.1, -0.05) is 12.1 Å². The number of nitrogens with one attached hydrogen (secondary N) is 1. The molecule has 2 N–H and O–H groups in total. The van der Waals surface area contributed by atoms with Gasteiger partial charge in [-0.2, -0.15) is 0 Å². The van der Waals surface area contributed by atoms with Gasteiger partial charge in [0, 0.05) is 11.9 Å². The van der Waals surface area contributed by atoms with Crippen LogP contribution in [0.15, 0.2) is 38.9 Å². The molecule has 1 aliphatic heterocycles. The first kappa shape index (κ1) is 20.3. The first-order chi connectivity index (χ1) is 13.0. The Morgan fingerprint density at radius 2 is 1.82 bits per heavy atom. The van der Waals surface area contributed by atoms with Crippen molar-refractivity contribution in [3.05, 3.63) is 51.3 Å². The van der Waals surface area contributed by atoms with Crippen LogP contribution in [-0.2, 0) is 9.31 Å². The van der Waals surface area contributed by atoms with Gasteiger partial charge in [-0.05, 0) is 64.0 Å². The summed E-state index contributed by atoms with van der Waals surface area (Å²) in [6.07, 6.45) is 1.93. The van der Waals surface area contributed by atoms with E-state index in [1.165, 1.54) is 6.07 Å². The molecule has 1 saturated heterocycles. The quantitative estimate of drug-likeness (QED) is 0.603. The predicted octanol–water partition coefficient (Wildman–Crippen LogP) is 2.73. The van der Waals surface area contributed by atoms with Gasteiger partial charge >= 0.3 is 18.7 Å². The largest absolute Gasteiger partial charge is 0.491 e. The number of aromatic carboxylic acids is 1. The van der Waals surface area contributed by atoms with E-state index in [4.69, 9.17) is 18.8 Å². The fraction of sp³-hybridized carbons (Fsp3) is 0.400. The highest BCUT2D eigenvalue weighted by molar-refractivity contribution is 6.55. The number of hydrogen-bond acceptors (Lipinski definition) is 6. The first-order valence-corrected chi connectivity index (χ1v) is 9.06. The lowest BCUT2D eigenvalue weighted by Gasteiger charge is -2.32. The van der Waals surface area contributed by atoms with Gasteiger partial charge in [-0.25, -0.2) is 9.59 Å². The maximum absolute atomic E-state index is 11.7. The third-order valence-corrected chi connectivity index (χ3v) is 5.28. The molecule has 0 aliphatic carbocycles. The third-order valence-electron chi connectivity index (χ3n) is 5.28. The summed E-state index contributed by atoms with van der Waals surface area (Å²) in [7, 11) is 1.34. The molecule has 0 saturated carbocycles. The minimum Gasteiger partial charge on any atom is -0.477 e. The molecular formula is C20H24BNO6. The summed E-state index contributed by atoms with van der Waals surface area (Å²) in [4.78, 5) is 22.9. The molecule has 0 bridgehead atoms. The Morgan fingerprint density at radius 1 is 1.18 bits per heavy atom. The lowest BCUT2D eigenvalue weighted by Crippen LogP contribution is -2.41. The number of benzene rings is 1. The van der Waals surface area contributed by atoms with Crippen LogP contribution in [0.25, 0.3) is 17.0 Å². The molecule has 1 aromatic carbocycles. The molecule has 1 fully saturated rings. The van der Waals surface area contributed by atoms with Crippen molar-refractivity contribution in [1.29, 1.82) is 0 Å². The predicted molar refractivity (Wildman–Crippen MR) is 107 cm³/mol. The van der Waals surface area contributed by atoms with Crippen molar-refractivity contribution in [3.63, 3.8) is 0 Å². The Kier molecular flexibility index (Phi) is 5.22. The topological polar surface area (TPSA) is 98.0 Å². The van der Waals surface area contributed by atoms with Crippen molar-refractivity contribution >= 4 is 30.1 Å². The summed E-state index contributed by atoms with van der Waals surface area (Å²) in [6, 6.07) is 6.54. The smallest absolute Gasteiger partial charge is 0.477 e. The first-order valence-electron chi connectivity index (χ1n) is 9.06. The molecule has 8 heteroatoms. The summed E-state index contributed by atoms with van der Waals surface area (Å²) < 4.78 is 17.4. The van der Waals surface area contributed by atoms with E-state index in [1.807, 2.05) is 40.8 Å². The maximum atomic E-state index is 11.7. The van der Waals surface area contributed by atoms with Gasteiger partial charge in [0.05, 0.1) is 11.2 Å². The second-order valence-electron chi connectivity index (χ2n) is 7.89. The molecule has 1 aliphatic rings. The molecule has 0 radical (unpaired) electrons. The standard InChI is InChI=1S/C20H24BNO6/c1-19(2)20(3,4)28-21(27-19)14(11-22-5)9-12-6-7-16-13(8-12)10-15(17(23)24)18(25)26-16/h6-10,22H,11H2,1-5H3,(H,23,24). The second kappa shape index (κ2) is 7.20.